The third kappa shape index (κ3) is 1.01. The molecule has 0 amide bonds. The van der Waals surface area contributed by atoms with E-state index in [1.165, 1.54) is 0 Å². The number of aromatic nitrogens is 2. The molecule has 0 fully saturated rings. The first-order chi connectivity index (χ1) is 5.68. The van der Waals surface area contributed by atoms with Crippen LogP contribution in [0.3, 0.4) is 0 Å². The lowest BCUT2D eigenvalue weighted by molar-refractivity contribution is 0.170. The quantitative estimate of drug-likeness (QED) is 0.629. The summed E-state index contributed by atoms with van der Waals surface area (Å²) in [5, 5.41) is 9.57. The van der Waals surface area contributed by atoms with Crippen LogP contribution in [-0.4, -0.2) is 15.1 Å². The molecule has 0 saturated carbocycles. The summed E-state index contributed by atoms with van der Waals surface area (Å²) in [6.45, 7) is 3.96. The van der Waals surface area contributed by atoms with E-state index in [-0.39, 0.29) is 0 Å². The summed E-state index contributed by atoms with van der Waals surface area (Å²) in [4.78, 5) is 8.54. The molecule has 0 saturated heterocycles. The van der Waals surface area contributed by atoms with E-state index in [4.69, 9.17) is 0 Å². The first-order valence-corrected chi connectivity index (χ1v) is 4.20. The van der Waals surface area contributed by atoms with Gasteiger partial charge in [0.2, 0.25) is 0 Å². The molecular weight excluding hydrogens is 152 g/mol. The Morgan fingerprint density at radius 3 is 3.00 bits per heavy atom. The van der Waals surface area contributed by atoms with Gasteiger partial charge >= 0.3 is 0 Å². The van der Waals surface area contributed by atoms with E-state index in [2.05, 4.69) is 16.9 Å². The number of aliphatic hydroxyl groups is 1. The highest BCUT2D eigenvalue weighted by molar-refractivity contribution is 5.25. The van der Waals surface area contributed by atoms with Crippen molar-refractivity contribution in [3.63, 3.8) is 0 Å². The fourth-order valence-electron chi connectivity index (χ4n) is 1.69. The molecule has 12 heavy (non-hydrogen) atoms. The summed E-state index contributed by atoms with van der Waals surface area (Å²) in [5.41, 5.74) is 2.62. The van der Waals surface area contributed by atoms with Crippen molar-refractivity contribution in [1.29, 1.82) is 0 Å². The first kappa shape index (κ1) is 7.68. The maximum atomic E-state index is 9.57. The molecular formula is C9H12N2O. The Morgan fingerprint density at radius 1 is 1.50 bits per heavy atom. The molecule has 0 bridgehead atoms. The molecule has 1 aliphatic carbocycles. The Hall–Kier alpha value is -0.960. The van der Waals surface area contributed by atoms with Gasteiger partial charge < -0.3 is 5.11 Å². The van der Waals surface area contributed by atoms with Crippen LogP contribution in [0.15, 0.2) is 6.20 Å². The highest BCUT2D eigenvalue weighted by atomic mass is 16.3. The molecule has 1 aliphatic rings. The maximum Gasteiger partial charge on any atom is 0.0984 e. The van der Waals surface area contributed by atoms with Crippen LogP contribution in [0.2, 0.25) is 0 Å². The average molecular weight is 164 g/mol. The number of nitrogens with zero attached hydrogens (tertiary/aromatic N) is 2. The molecule has 1 N–H and O–H groups in total. The highest BCUT2D eigenvalue weighted by Gasteiger charge is 2.29. The number of hydrogen-bond acceptors (Lipinski definition) is 3. The second kappa shape index (κ2) is 2.52. The van der Waals surface area contributed by atoms with Crippen molar-refractivity contribution in [2.75, 3.05) is 0 Å². The minimum Gasteiger partial charge on any atom is -0.387 e. The molecule has 0 aliphatic heterocycles. The van der Waals surface area contributed by atoms with Gasteiger partial charge in [0.15, 0.2) is 0 Å². The Kier molecular flexibility index (Phi) is 1.61. The molecule has 3 nitrogen and oxygen atoms in total. The molecule has 2 unspecified atom stereocenters. The Labute approximate surface area is 71.5 Å². The van der Waals surface area contributed by atoms with E-state index in [0.717, 1.165) is 23.5 Å². The van der Waals surface area contributed by atoms with Crippen molar-refractivity contribution >= 4 is 0 Å². The van der Waals surface area contributed by atoms with Crippen LogP contribution in [0.1, 0.15) is 42.4 Å². The lowest BCUT2D eigenvalue weighted by atomic mass is 10.1. The zero-order valence-corrected chi connectivity index (χ0v) is 7.28. The van der Waals surface area contributed by atoms with Gasteiger partial charge in [-0.15, -0.1) is 0 Å². The zero-order chi connectivity index (χ0) is 8.72. The maximum absolute atomic E-state index is 9.57. The predicted molar refractivity (Wildman–Crippen MR) is 44.8 cm³/mol. The van der Waals surface area contributed by atoms with Crippen molar-refractivity contribution < 1.29 is 5.11 Å². The van der Waals surface area contributed by atoms with Gasteiger partial charge in [0.05, 0.1) is 23.2 Å². The lowest BCUT2D eigenvalue weighted by Gasteiger charge is -2.02. The summed E-state index contributed by atoms with van der Waals surface area (Å²) in [7, 11) is 0. The van der Waals surface area contributed by atoms with Crippen LogP contribution < -0.4 is 0 Å². The van der Waals surface area contributed by atoms with Crippen LogP contribution in [0.5, 0.6) is 0 Å². The smallest absolute Gasteiger partial charge is 0.0984 e. The minimum atomic E-state index is -0.401. The summed E-state index contributed by atoms with van der Waals surface area (Å²) >= 11 is 0. The largest absolute Gasteiger partial charge is 0.387 e. The Morgan fingerprint density at radius 2 is 2.25 bits per heavy atom. The van der Waals surface area contributed by atoms with Crippen molar-refractivity contribution in [3.8, 4) is 0 Å². The first-order valence-electron chi connectivity index (χ1n) is 4.20. The van der Waals surface area contributed by atoms with Gasteiger partial charge in [0.25, 0.3) is 0 Å². The highest BCUT2D eigenvalue weighted by Crippen LogP contribution is 2.36. The van der Waals surface area contributed by atoms with E-state index < -0.39 is 6.10 Å². The number of rotatable bonds is 0. The molecule has 2 rings (SSSR count). The van der Waals surface area contributed by atoms with E-state index in [1.54, 1.807) is 6.20 Å². The molecule has 0 aromatic carbocycles. The third-order valence-electron chi connectivity index (χ3n) is 2.31. The Balaban J connectivity index is 2.53. The van der Waals surface area contributed by atoms with Crippen molar-refractivity contribution in [3.05, 3.63) is 23.3 Å². The van der Waals surface area contributed by atoms with E-state index in [1.807, 2.05) is 6.92 Å². The summed E-state index contributed by atoms with van der Waals surface area (Å²) in [6.07, 6.45) is 2.12. The monoisotopic (exact) mass is 164 g/mol. The van der Waals surface area contributed by atoms with Crippen LogP contribution in [-0.2, 0) is 0 Å². The zero-order valence-electron chi connectivity index (χ0n) is 7.28. The van der Waals surface area contributed by atoms with Crippen molar-refractivity contribution in [2.24, 2.45) is 0 Å². The summed E-state index contributed by atoms with van der Waals surface area (Å²) in [5.74, 6) is 0.350. The molecule has 3 heteroatoms. The summed E-state index contributed by atoms with van der Waals surface area (Å²) < 4.78 is 0. The lowest BCUT2D eigenvalue weighted by Crippen LogP contribution is -1.98. The van der Waals surface area contributed by atoms with Crippen molar-refractivity contribution in [1.82, 2.24) is 9.97 Å². The van der Waals surface area contributed by atoms with Gasteiger partial charge in [-0.25, -0.2) is 0 Å². The number of fused-ring (bicyclic) bond motifs is 1. The van der Waals surface area contributed by atoms with E-state index >= 15 is 0 Å². The summed E-state index contributed by atoms with van der Waals surface area (Å²) in [6, 6.07) is 0. The number of aliphatic hydroxyl groups excluding tert-OH is 1. The molecule has 1 heterocycles. The molecule has 64 valence electrons. The standard InChI is InChI=1S/C9H12N2O/c1-5-3-7(12)9-8(5)10-4-6(2)11-9/h4-5,7,12H,3H2,1-2H3. The molecule has 2 atom stereocenters. The van der Waals surface area contributed by atoms with E-state index in [9.17, 15) is 5.11 Å². The normalized spacial score (nSPS) is 27.2. The van der Waals surface area contributed by atoms with Crippen LogP contribution in [0, 0.1) is 6.92 Å². The third-order valence-corrected chi connectivity index (χ3v) is 2.31. The molecule has 0 radical (unpaired) electrons. The fraction of sp³-hybridized carbons (Fsp3) is 0.556. The number of hydrogen-bond donors (Lipinski definition) is 1. The predicted octanol–water partition coefficient (Wildman–Crippen LogP) is 1.33. The van der Waals surface area contributed by atoms with Gasteiger partial charge in [0.1, 0.15) is 0 Å². The molecule has 0 spiro atoms. The topological polar surface area (TPSA) is 46.0 Å². The van der Waals surface area contributed by atoms with Crippen LogP contribution >= 0.6 is 0 Å². The Bertz CT molecular complexity index is 311. The molecule has 1 aromatic heterocycles. The van der Waals surface area contributed by atoms with Crippen LogP contribution in [0.25, 0.3) is 0 Å². The van der Waals surface area contributed by atoms with Gasteiger partial charge in [-0.2, -0.15) is 0 Å². The van der Waals surface area contributed by atoms with Gasteiger partial charge in [-0.3, -0.25) is 9.97 Å². The fourth-order valence-corrected chi connectivity index (χ4v) is 1.69. The minimum absolute atomic E-state index is 0.350. The van der Waals surface area contributed by atoms with Crippen LogP contribution in [0.4, 0.5) is 0 Å². The SMILES string of the molecule is Cc1cnc2c(n1)C(O)CC2C. The van der Waals surface area contributed by atoms with Crippen molar-refractivity contribution in [2.45, 2.75) is 32.3 Å². The molecule has 1 aromatic rings. The van der Waals surface area contributed by atoms with E-state index in [0.29, 0.717) is 5.92 Å². The average Bonchev–Trinajstić information content (AvgIpc) is 2.28. The van der Waals surface area contributed by atoms with Gasteiger partial charge in [-0.05, 0) is 13.3 Å². The van der Waals surface area contributed by atoms with Gasteiger partial charge in [-0.1, -0.05) is 6.92 Å². The second-order valence-corrected chi connectivity index (χ2v) is 3.43. The van der Waals surface area contributed by atoms with Gasteiger partial charge in [0, 0.05) is 12.1 Å². The number of aryl methyl sites for hydroxylation is 1. The second-order valence-electron chi connectivity index (χ2n) is 3.43.